The fourth-order valence-corrected chi connectivity index (χ4v) is 4.20. The second kappa shape index (κ2) is 5.82. The van der Waals surface area contributed by atoms with E-state index in [1.165, 1.54) is 12.1 Å². The summed E-state index contributed by atoms with van der Waals surface area (Å²) in [5.41, 5.74) is 7.41. The maximum Gasteiger partial charge on any atom is 0.192 e. The fraction of sp³-hybridized carbons (Fsp3) is 0.647. The van der Waals surface area contributed by atoms with E-state index in [0.29, 0.717) is 0 Å². The maximum atomic E-state index is 13.1. The molecule has 1 aromatic carbocycles. The van der Waals surface area contributed by atoms with E-state index in [2.05, 4.69) is 33.9 Å². The van der Waals surface area contributed by atoms with Crippen LogP contribution >= 0.6 is 0 Å². The highest BCUT2D eigenvalue weighted by atomic mass is 28.4. The van der Waals surface area contributed by atoms with E-state index in [0.717, 1.165) is 18.4 Å². The van der Waals surface area contributed by atoms with Crippen LogP contribution in [0.3, 0.4) is 0 Å². The first-order valence-corrected chi connectivity index (χ1v) is 10.7. The van der Waals surface area contributed by atoms with Gasteiger partial charge in [-0.25, -0.2) is 4.39 Å². The van der Waals surface area contributed by atoms with E-state index in [4.69, 9.17) is 10.2 Å². The van der Waals surface area contributed by atoms with Crippen molar-refractivity contribution in [1.29, 1.82) is 0 Å². The molecule has 21 heavy (non-hydrogen) atoms. The van der Waals surface area contributed by atoms with Crippen LogP contribution in [0.15, 0.2) is 24.3 Å². The standard InChI is InChI=1S/C17H28FNOSi/c1-17(2,3)21(4,5)20-15-11-10-14(19)16(15)12-6-8-13(18)9-7-12/h6-9,14-16H,10-11,19H2,1-5H3/t14-,15+,16+/m1/s1. The van der Waals surface area contributed by atoms with Crippen LogP contribution in [0.4, 0.5) is 4.39 Å². The van der Waals surface area contributed by atoms with Crippen molar-refractivity contribution in [3.63, 3.8) is 0 Å². The normalized spacial score (nSPS) is 27.1. The summed E-state index contributed by atoms with van der Waals surface area (Å²) in [6, 6.07) is 6.85. The molecule has 1 aliphatic carbocycles. The van der Waals surface area contributed by atoms with E-state index >= 15 is 0 Å². The molecule has 1 aromatic rings. The lowest BCUT2D eigenvalue weighted by molar-refractivity contribution is 0.167. The molecule has 0 unspecified atom stereocenters. The van der Waals surface area contributed by atoms with Gasteiger partial charge in [-0.3, -0.25) is 0 Å². The number of hydrogen-bond acceptors (Lipinski definition) is 2. The van der Waals surface area contributed by atoms with Crippen molar-refractivity contribution < 1.29 is 8.82 Å². The van der Waals surface area contributed by atoms with Crippen molar-refractivity contribution >= 4 is 8.32 Å². The zero-order chi connectivity index (χ0) is 15.8. The first-order valence-electron chi connectivity index (χ1n) is 7.81. The van der Waals surface area contributed by atoms with Crippen LogP contribution < -0.4 is 5.73 Å². The maximum absolute atomic E-state index is 13.1. The molecule has 0 aliphatic heterocycles. The quantitative estimate of drug-likeness (QED) is 0.839. The van der Waals surface area contributed by atoms with E-state index in [9.17, 15) is 4.39 Å². The summed E-state index contributed by atoms with van der Waals surface area (Å²) in [5, 5.41) is 0.188. The van der Waals surface area contributed by atoms with Gasteiger partial charge in [0.25, 0.3) is 0 Å². The van der Waals surface area contributed by atoms with Crippen LogP contribution in [-0.4, -0.2) is 20.5 Å². The molecule has 1 fully saturated rings. The second-order valence-corrected chi connectivity index (χ2v) is 12.5. The molecule has 2 N–H and O–H groups in total. The van der Waals surface area contributed by atoms with E-state index in [1.807, 2.05) is 12.1 Å². The van der Waals surface area contributed by atoms with E-state index in [1.54, 1.807) is 0 Å². The zero-order valence-corrected chi connectivity index (χ0v) is 14.8. The van der Waals surface area contributed by atoms with Crippen molar-refractivity contribution in [1.82, 2.24) is 0 Å². The lowest BCUT2D eigenvalue weighted by Gasteiger charge is -2.40. The summed E-state index contributed by atoms with van der Waals surface area (Å²) in [6.07, 6.45) is 2.13. The molecular weight excluding hydrogens is 281 g/mol. The molecule has 0 radical (unpaired) electrons. The Morgan fingerprint density at radius 3 is 2.24 bits per heavy atom. The van der Waals surface area contributed by atoms with Crippen molar-refractivity contribution in [3.8, 4) is 0 Å². The number of rotatable bonds is 3. The Labute approximate surface area is 129 Å². The minimum atomic E-state index is -1.81. The van der Waals surface area contributed by atoms with Crippen molar-refractivity contribution in [3.05, 3.63) is 35.6 Å². The highest BCUT2D eigenvalue weighted by Crippen LogP contribution is 2.43. The van der Waals surface area contributed by atoms with E-state index < -0.39 is 8.32 Å². The average Bonchev–Trinajstić information content (AvgIpc) is 2.70. The molecular formula is C17H28FNOSi. The minimum absolute atomic E-state index is 0.102. The highest BCUT2D eigenvalue weighted by Gasteiger charge is 2.44. The van der Waals surface area contributed by atoms with Gasteiger partial charge in [0, 0.05) is 12.0 Å². The molecule has 3 atom stereocenters. The van der Waals surface area contributed by atoms with Gasteiger partial charge in [-0.15, -0.1) is 0 Å². The highest BCUT2D eigenvalue weighted by molar-refractivity contribution is 6.74. The third-order valence-electron chi connectivity index (χ3n) is 5.15. The topological polar surface area (TPSA) is 35.2 Å². The molecule has 0 spiro atoms. The largest absolute Gasteiger partial charge is 0.413 e. The number of nitrogens with two attached hydrogens (primary N) is 1. The molecule has 0 heterocycles. The molecule has 0 bridgehead atoms. The molecule has 4 heteroatoms. The second-order valence-electron chi connectivity index (χ2n) is 7.74. The third kappa shape index (κ3) is 3.55. The zero-order valence-electron chi connectivity index (χ0n) is 13.8. The Morgan fingerprint density at radius 2 is 1.71 bits per heavy atom. The summed E-state index contributed by atoms with van der Waals surface area (Å²) in [5.74, 6) is -0.0214. The van der Waals surface area contributed by atoms with Crippen molar-refractivity contribution in [2.75, 3.05) is 0 Å². The lowest BCUT2D eigenvalue weighted by Crippen LogP contribution is -2.45. The predicted octanol–water partition coefficient (Wildman–Crippen LogP) is 4.42. The molecule has 0 aromatic heterocycles. The Balaban J connectivity index is 2.21. The molecule has 118 valence electrons. The molecule has 2 nitrogen and oxygen atoms in total. The van der Waals surface area contributed by atoms with Gasteiger partial charge in [-0.2, -0.15) is 0 Å². The van der Waals surface area contributed by atoms with Gasteiger partial charge in [0.1, 0.15) is 5.82 Å². The van der Waals surface area contributed by atoms with Crippen LogP contribution in [0.1, 0.15) is 45.1 Å². The average molecular weight is 310 g/mol. The monoisotopic (exact) mass is 309 g/mol. The minimum Gasteiger partial charge on any atom is -0.413 e. The fourth-order valence-electron chi connectivity index (χ4n) is 2.83. The van der Waals surface area contributed by atoms with Gasteiger partial charge in [0.05, 0.1) is 6.10 Å². The first-order chi connectivity index (χ1) is 9.62. The first kappa shape index (κ1) is 16.7. The van der Waals surface area contributed by atoms with Gasteiger partial charge in [-0.1, -0.05) is 32.9 Å². The Bertz CT molecular complexity index is 481. The third-order valence-corrected chi connectivity index (χ3v) is 9.66. The van der Waals surface area contributed by atoms with Crippen LogP contribution in [-0.2, 0) is 4.43 Å². The van der Waals surface area contributed by atoms with Gasteiger partial charge >= 0.3 is 0 Å². The lowest BCUT2D eigenvalue weighted by atomic mass is 9.93. The molecule has 2 rings (SSSR count). The van der Waals surface area contributed by atoms with Crippen molar-refractivity contribution in [2.45, 2.75) is 69.8 Å². The predicted molar refractivity (Wildman–Crippen MR) is 88.4 cm³/mol. The molecule has 0 amide bonds. The Morgan fingerprint density at radius 1 is 1.14 bits per heavy atom. The summed E-state index contributed by atoms with van der Waals surface area (Å²) in [4.78, 5) is 0. The van der Waals surface area contributed by atoms with Crippen LogP contribution in [0.5, 0.6) is 0 Å². The smallest absolute Gasteiger partial charge is 0.192 e. The summed E-state index contributed by atoms with van der Waals surface area (Å²) in [7, 11) is -1.81. The summed E-state index contributed by atoms with van der Waals surface area (Å²) < 4.78 is 19.7. The van der Waals surface area contributed by atoms with Crippen LogP contribution in [0.2, 0.25) is 18.1 Å². The van der Waals surface area contributed by atoms with Crippen LogP contribution in [0.25, 0.3) is 0 Å². The Kier molecular flexibility index (Phi) is 4.62. The van der Waals surface area contributed by atoms with Gasteiger partial charge in [-0.05, 0) is 48.7 Å². The number of hydrogen-bond donors (Lipinski definition) is 1. The molecule has 0 saturated heterocycles. The van der Waals surface area contributed by atoms with Gasteiger partial charge in [0.2, 0.25) is 0 Å². The summed E-state index contributed by atoms with van der Waals surface area (Å²) >= 11 is 0. The molecule has 1 saturated carbocycles. The Hall–Kier alpha value is -0.713. The molecule has 1 aliphatic rings. The summed E-state index contributed by atoms with van der Waals surface area (Å²) in [6.45, 7) is 11.3. The van der Waals surface area contributed by atoms with Crippen molar-refractivity contribution in [2.24, 2.45) is 5.73 Å². The SMILES string of the molecule is CC(C)(C)[Si](C)(C)O[C@H]1CC[C@@H](N)[C@@H]1c1ccc(F)cc1. The van der Waals surface area contributed by atoms with Gasteiger partial charge < -0.3 is 10.2 Å². The number of benzene rings is 1. The van der Waals surface area contributed by atoms with Gasteiger partial charge in [0.15, 0.2) is 8.32 Å². The van der Waals surface area contributed by atoms with E-state index in [-0.39, 0.29) is 28.9 Å². The number of halogens is 1. The van der Waals surface area contributed by atoms with Crippen LogP contribution in [0, 0.1) is 5.82 Å².